The average Bonchev–Trinajstić information content (AvgIpc) is 3.12. The van der Waals surface area contributed by atoms with Crippen LogP contribution in [-0.2, 0) is 17.1 Å². The van der Waals surface area contributed by atoms with E-state index in [2.05, 4.69) is 0 Å². The van der Waals surface area contributed by atoms with Crippen molar-refractivity contribution in [1.82, 2.24) is 0 Å². The van der Waals surface area contributed by atoms with Crippen molar-refractivity contribution in [3.63, 3.8) is 0 Å². The lowest BCUT2D eigenvalue weighted by molar-refractivity contribution is -0.128. The predicted octanol–water partition coefficient (Wildman–Crippen LogP) is 2.32. The maximum atomic E-state index is 10.8. The minimum absolute atomic E-state index is 0.265. The summed E-state index contributed by atoms with van der Waals surface area (Å²) in [5, 5.41) is 42.1. The van der Waals surface area contributed by atoms with Crippen molar-refractivity contribution in [2.75, 3.05) is 0 Å². The Hall–Kier alpha value is -1.41. The second kappa shape index (κ2) is 8.53. The lowest BCUT2D eigenvalue weighted by Gasteiger charge is -2.30. The van der Waals surface area contributed by atoms with Crippen LogP contribution in [0.4, 0.5) is 0 Å². The first-order chi connectivity index (χ1) is 13.3. The molecule has 6 heteroatoms. The fourth-order valence-corrected chi connectivity index (χ4v) is 4.51. The molecule has 1 aliphatic rings. The van der Waals surface area contributed by atoms with Crippen LogP contribution in [0.25, 0.3) is 0 Å². The Labute approximate surface area is 170 Å². The molecule has 0 aromatic heterocycles. The van der Waals surface area contributed by atoms with Gasteiger partial charge in [-0.25, -0.2) is 0 Å². The summed E-state index contributed by atoms with van der Waals surface area (Å²) in [5.41, 5.74) is -1.41. The number of aliphatic hydroxyl groups is 4. The van der Waals surface area contributed by atoms with Gasteiger partial charge in [-0.05, 0) is 11.1 Å². The van der Waals surface area contributed by atoms with Crippen LogP contribution in [0.2, 0.25) is 0 Å². The second-order valence-electron chi connectivity index (χ2n) is 7.85. The van der Waals surface area contributed by atoms with Gasteiger partial charge in [0.2, 0.25) is 0 Å². The summed E-state index contributed by atoms with van der Waals surface area (Å²) in [6.07, 6.45) is -3.99. The van der Waals surface area contributed by atoms with Gasteiger partial charge in [-0.15, -0.1) is 11.8 Å². The molecule has 28 heavy (non-hydrogen) atoms. The number of benzene rings is 2. The van der Waals surface area contributed by atoms with E-state index in [-0.39, 0.29) is 6.61 Å². The van der Waals surface area contributed by atoms with E-state index >= 15 is 0 Å². The molecular formula is C22H28O5S. The molecule has 3 rings (SSSR count). The first-order valence-corrected chi connectivity index (χ1v) is 10.4. The molecule has 0 radical (unpaired) electrons. The van der Waals surface area contributed by atoms with Crippen LogP contribution in [0.15, 0.2) is 60.7 Å². The monoisotopic (exact) mass is 404 g/mol. The van der Waals surface area contributed by atoms with E-state index in [0.29, 0.717) is 5.75 Å². The van der Waals surface area contributed by atoms with Crippen LogP contribution in [0, 0.1) is 5.41 Å². The van der Waals surface area contributed by atoms with E-state index in [9.17, 15) is 20.4 Å². The first kappa shape index (κ1) is 21.3. The van der Waals surface area contributed by atoms with E-state index in [1.165, 1.54) is 11.8 Å². The van der Waals surface area contributed by atoms with Gasteiger partial charge >= 0.3 is 0 Å². The molecule has 2 aromatic carbocycles. The maximum Gasteiger partial charge on any atom is 0.132 e. The normalized spacial score (nSPS) is 26.4. The molecule has 0 saturated heterocycles. The Morgan fingerprint density at radius 1 is 0.964 bits per heavy atom. The number of hydrogen-bond donors (Lipinski definition) is 4. The van der Waals surface area contributed by atoms with E-state index in [0.717, 1.165) is 11.1 Å². The van der Waals surface area contributed by atoms with Gasteiger partial charge < -0.3 is 25.2 Å². The molecule has 1 fully saturated rings. The average molecular weight is 405 g/mol. The van der Waals surface area contributed by atoms with Gasteiger partial charge in [0.05, 0.1) is 12.7 Å². The molecule has 0 heterocycles. The quantitative estimate of drug-likeness (QED) is 0.480. The van der Waals surface area contributed by atoms with Crippen molar-refractivity contribution in [3.8, 4) is 0 Å². The topological polar surface area (TPSA) is 90.2 Å². The fraction of sp³-hybridized carbons (Fsp3) is 0.455. The zero-order valence-corrected chi connectivity index (χ0v) is 16.9. The summed E-state index contributed by atoms with van der Waals surface area (Å²) in [5.74, 6) is 0.578. The Balaban J connectivity index is 1.70. The van der Waals surface area contributed by atoms with Crippen LogP contribution in [0.1, 0.15) is 25.0 Å². The standard InChI is InChI=1S/C22H28O5S/c1-21(2)20(25)22(21,26)18(24)17(23)19(27-13-15-9-5-3-6-10-15)28-14-16-11-7-4-8-12-16/h3-12,17-20,23-26H,13-14H2,1-2H3/t17-,18-,19?,20?,22-/m1/s1. The molecule has 2 unspecified atom stereocenters. The minimum Gasteiger partial charge on any atom is -0.389 e. The summed E-state index contributed by atoms with van der Waals surface area (Å²) < 4.78 is 5.92. The summed E-state index contributed by atoms with van der Waals surface area (Å²) in [7, 11) is 0. The predicted molar refractivity (Wildman–Crippen MR) is 110 cm³/mol. The van der Waals surface area contributed by atoms with Gasteiger partial charge in [-0.3, -0.25) is 0 Å². The van der Waals surface area contributed by atoms with Gasteiger partial charge in [0.1, 0.15) is 23.2 Å². The van der Waals surface area contributed by atoms with Crippen LogP contribution < -0.4 is 0 Å². The highest BCUT2D eigenvalue weighted by Gasteiger charge is 2.75. The number of hydrogen-bond acceptors (Lipinski definition) is 6. The highest BCUT2D eigenvalue weighted by Crippen LogP contribution is 2.58. The molecule has 0 aliphatic heterocycles. The molecular weight excluding hydrogens is 376 g/mol. The van der Waals surface area contributed by atoms with Gasteiger partial charge in [0, 0.05) is 11.2 Å². The lowest BCUT2D eigenvalue weighted by Crippen LogP contribution is -2.48. The number of aliphatic hydroxyl groups excluding tert-OH is 3. The van der Waals surface area contributed by atoms with Gasteiger partial charge in [-0.2, -0.15) is 0 Å². The van der Waals surface area contributed by atoms with E-state index in [1.807, 2.05) is 60.7 Å². The molecule has 1 saturated carbocycles. The third-order valence-corrected chi connectivity index (χ3v) is 6.86. The Kier molecular flexibility index (Phi) is 6.49. The molecule has 152 valence electrons. The highest BCUT2D eigenvalue weighted by molar-refractivity contribution is 7.99. The third-order valence-electron chi connectivity index (χ3n) is 5.62. The Bertz CT molecular complexity index is 711. The lowest BCUT2D eigenvalue weighted by atomic mass is 9.98. The van der Waals surface area contributed by atoms with Crippen molar-refractivity contribution >= 4 is 11.8 Å². The maximum absolute atomic E-state index is 10.8. The molecule has 0 amide bonds. The SMILES string of the molecule is CC1(C)C(O)[C@]1(O)[C@H](O)[C@@H](O)C(OCc1ccccc1)SCc1ccccc1. The third kappa shape index (κ3) is 4.13. The van der Waals surface area contributed by atoms with Crippen LogP contribution in [0.3, 0.4) is 0 Å². The first-order valence-electron chi connectivity index (χ1n) is 9.36. The molecule has 0 spiro atoms. The Morgan fingerprint density at radius 3 is 1.96 bits per heavy atom. The number of rotatable bonds is 9. The molecule has 1 aliphatic carbocycles. The largest absolute Gasteiger partial charge is 0.389 e. The van der Waals surface area contributed by atoms with Crippen molar-refractivity contribution in [2.24, 2.45) is 5.41 Å². The Morgan fingerprint density at radius 2 is 1.46 bits per heavy atom. The van der Waals surface area contributed by atoms with E-state index < -0.39 is 34.8 Å². The summed E-state index contributed by atoms with van der Waals surface area (Å²) >= 11 is 1.35. The highest BCUT2D eigenvalue weighted by atomic mass is 32.2. The van der Waals surface area contributed by atoms with Crippen LogP contribution in [0.5, 0.6) is 0 Å². The molecule has 5 nitrogen and oxygen atoms in total. The van der Waals surface area contributed by atoms with E-state index in [4.69, 9.17) is 4.74 Å². The van der Waals surface area contributed by atoms with Gasteiger partial charge in [0.15, 0.2) is 0 Å². The smallest absolute Gasteiger partial charge is 0.132 e. The second-order valence-corrected chi connectivity index (χ2v) is 8.93. The van der Waals surface area contributed by atoms with Crippen LogP contribution >= 0.6 is 11.8 Å². The van der Waals surface area contributed by atoms with Crippen molar-refractivity contribution < 1.29 is 25.2 Å². The molecule has 4 N–H and O–H groups in total. The van der Waals surface area contributed by atoms with Crippen molar-refractivity contribution in [2.45, 2.75) is 55.6 Å². The molecule has 0 bridgehead atoms. The van der Waals surface area contributed by atoms with Gasteiger partial charge in [0.25, 0.3) is 0 Å². The zero-order chi connectivity index (χ0) is 20.4. The van der Waals surface area contributed by atoms with Crippen molar-refractivity contribution in [1.29, 1.82) is 0 Å². The molecule has 2 aromatic rings. The summed E-state index contributed by atoms with van der Waals surface area (Å²) in [6.45, 7) is 3.58. The summed E-state index contributed by atoms with van der Waals surface area (Å²) in [4.78, 5) is 0. The zero-order valence-electron chi connectivity index (χ0n) is 16.1. The summed E-state index contributed by atoms with van der Waals surface area (Å²) in [6, 6.07) is 19.3. The van der Waals surface area contributed by atoms with E-state index in [1.54, 1.807) is 13.8 Å². The minimum atomic E-state index is -1.76. The van der Waals surface area contributed by atoms with Crippen LogP contribution in [-0.4, -0.2) is 49.8 Å². The fourth-order valence-electron chi connectivity index (χ4n) is 3.45. The number of thioether (sulfide) groups is 1. The van der Waals surface area contributed by atoms with Gasteiger partial charge in [-0.1, -0.05) is 74.5 Å². The number of ether oxygens (including phenoxy) is 1. The molecule has 5 atom stereocenters. The van der Waals surface area contributed by atoms with Crippen molar-refractivity contribution in [3.05, 3.63) is 71.8 Å².